The predicted molar refractivity (Wildman–Crippen MR) is 108 cm³/mol. The van der Waals surface area contributed by atoms with E-state index in [-0.39, 0.29) is 6.10 Å². The molecule has 0 N–H and O–H groups in total. The first kappa shape index (κ1) is 17.9. The molecule has 0 bridgehead atoms. The Morgan fingerprint density at radius 3 is 2.81 bits per heavy atom. The maximum Gasteiger partial charge on any atom is 0.146 e. The van der Waals surface area contributed by atoms with E-state index in [1.165, 1.54) is 41.8 Å². The molecule has 0 aromatic carbocycles. The molecule has 6 heteroatoms. The molecule has 2 aliphatic heterocycles. The molecule has 1 atom stereocenters. The number of likely N-dealkylation sites (tertiary alicyclic amines) is 1. The van der Waals surface area contributed by atoms with Crippen LogP contribution in [0.1, 0.15) is 35.5 Å². The van der Waals surface area contributed by atoms with E-state index >= 15 is 0 Å². The van der Waals surface area contributed by atoms with Crippen molar-refractivity contribution in [1.29, 1.82) is 0 Å². The number of rotatable bonds is 6. The quantitative estimate of drug-likeness (QED) is 0.724. The number of ether oxygens (including phenoxy) is 1. The van der Waals surface area contributed by atoms with Gasteiger partial charge in [-0.25, -0.2) is 9.97 Å². The monoisotopic (exact) mass is 372 g/mol. The molecule has 5 nitrogen and oxygen atoms in total. The van der Waals surface area contributed by atoms with Crippen LogP contribution in [0.3, 0.4) is 0 Å². The zero-order valence-electron chi connectivity index (χ0n) is 15.8. The van der Waals surface area contributed by atoms with Gasteiger partial charge < -0.3 is 9.64 Å². The minimum absolute atomic E-state index is 0.264. The molecular formula is C20H28N4OS. The molecule has 4 rings (SSSR count). The molecule has 4 heterocycles. The third-order valence-electron chi connectivity index (χ3n) is 5.51. The van der Waals surface area contributed by atoms with E-state index in [4.69, 9.17) is 14.7 Å². The van der Waals surface area contributed by atoms with Gasteiger partial charge in [-0.2, -0.15) is 0 Å². The Labute approximate surface area is 159 Å². The van der Waals surface area contributed by atoms with Gasteiger partial charge in [0.25, 0.3) is 0 Å². The van der Waals surface area contributed by atoms with E-state index in [1.807, 2.05) is 6.08 Å². The molecule has 2 fully saturated rings. The van der Waals surface area contributed by atoms with Crippen LogP contribution in [-0.2, 0) is 11.3 Å². The van der Waals surface area contributed by atoms with Crippen molar-refractivity contribution in [2.45, 2.75) is 45.8 Å². The fraction of sp³-hybridized carbons (Fsp3) is 0.600. The number of anilines is 1. The maximum absolute atomic E-state index is 5.88. The lowest BCUT2D eigenvalue weighted by Crippen LogP contribution is -2.26. The van der Waals surface area contributed by atoms with E-state index in [9.17, 15) is 0 Å². The van der Waals surface area contributed by atoms with Crippen molar-refractivity contribution < 1.29 is 4.74 Å². The number of aromatic nitrogens is 2. The SMILES string of the molecule is C=CCOC1CCN(c2nc(CN3CCCC3)nc3sc(C)c(C)c23)C1. The summed E-state index contributed by atoms with van der Waals surface area (Å²) >= 11 is 1.80. The highest BCUT2D eigenvalue weighted by Gasteiger charge is 2.27. The molecule has 2 saturated heterocycles. The van der Waals surface area contributed by atoms with Crippen LogP contribution in [0.25, 0.3) is 10.2 Å². The first-order valence-electron chi connectivity index (χ1n) is 9.62. The van der Waals surface area contributed by atoms with Crippen molar-refractivity contribution in [2.75, 3.05) is 37.7 Å². The van der Waals surface area contributed by atoms with E-state index in [0.29, 0.717) is 6.61 Å². The highest BCUT2D eigenvalue weighted by Crippen LogP contribution is 2.36. The molecule has 1 unspecified atom stereocenters. The summed E-state index contributed by atoms with van der Waals surface area (Å²) in [6.07, 6.45) is 5.72. The Hall–Kier alpha value is -1.50. The smallest absolute Gasteiger partial charge is 0.146 e. The average Bonchev–Trinajstić information content (AvgIpc) is 3.35. The number of hydrogen-bond acceptors (Lipinski definition) is 6. The van der Waals surface area contributed by atoms with Gasteiger partial charge in [-0.05, 0) is 51.8 Å². The van der Waals surface area contributed by atoms with Gasteiger partial charge in [0, 0.05) is 18.0 Å². The molecule has 140 valence electrons. The van der Waals surface area contributed by atoms with E-state index in [1.54, 1.807) is 11.3 Å². The van der Waals surface area contributed by atoms with Crippen molar-refractivity contribution in [3.05, 3.63) is 28.9 Å². The van der Waals surface area contributed by atoms with Crippen molar-refractivity contribution >= 4 is 27.4 Å². The highest BCUT2D eigenvalue weighted by atomic mass is 32.1. The second kappa shape index (κ2) is 7.62. The number of thiophene rings is 1. The fourth-order valence-electron chi connectivity index (χ4n) is 3.97. The summed E-state index contributed by atoms with van der Waals surface area (Å²) < 4.78 is 5.88. The van der Waals surface area contributed by atoms with Crippen LogP contribution < -0.4 is 4.90 Å². The minimum Gasteiger partial charge on any atom is -0.372 e. The van der Waals surface area contributed by atoms with Crippen molar-refractivity contribution in [3.63, 3.8) is 0 Å². The Morgan fingerprint density at radius 2 is 2.04 bits per heavy atom. The minimum atomic E-state index is 0.264. The number of fused-ring (bicyclic) bond motifs is 1. The summed E-state index contributed by atoms with van der Waals surface area (Å²) in [5, 5.41) is 1.24. The van der Waals surface area contributed by atoms with Gasteiger partial charge in [0.15, 0.2) is 0 Å². The average molecular weight is 373 g/mol. The van der Waals surface area contributed by atoms with E-state index in [2.05, 4.69) is 30.2 Å². The fourth-order valence-corrected chi connectivity index (χ4v) is 5.02. The molecule has 26 heavy (non-hydrogen) atoms. The van der Waals surface area contributed by atoms with Crippen molar-refractivity contribution in [1.82, 2.24) is 14.9 Å². The summed E-state index contributed by atoms with van der Waals surface area (Å²) in [5.41, 5.74) is 1.32. The van der Waals surface area contributed by atoms with Gasteiger partial charge in [-0.1, -0.05) is 6.08 Å². The number of nitrogens with zero attached hydrogens (tertiary/aromatic N) is 4. The normalized spacial score (nSPS) is 21.2. The topological polar surface area (TPSA) is 41.5 Å². The molecule has 0 saturated carbocycles. The van der Waals surface area contributed by atoms with Crippen LogP contribution >= 0.6 is 11.3 Å². The van der Waals surface area contributed by atoms with Crippen LogP contribution in [0.15, 0.2) is 12.7 Å². The molecule has 0 spiro atoms. The van der Waals surface area contributed by atoms with Crippen molar-refractivity contribution in [2.24, 2.45) is 0 Å². The van der Waals surface area contributed by atoms with Gasteiger partial charge in [0.1, 0.15) is 16.5 Å². The van der Waals surface area contributed by atoms with Gasteiger partial charge >= 0.3 is 0 Å². The van der Waals surface area contributed by atoms with Crippen LogP contribution in [0.4, 0.5) is 5.82 Å². The summed E-state index contributed by atoms with van der Waals surface area (Å²) in [4.78, 5) is 17.3. The Morgan fingerprint density at radius 1 is 1.23 bits per heavy atom. The zero-order valence-corrected chi connectivity index (χ0v) is 16.6. The lowest BCUT2D eigenvalue weighted by atomic mass is 10.2. The molecular weight excluding hydrogens is 344 g/mol. The Balaban J connectivity index is 1.65. The van der Waals surface area contributed by atoms with Crippen LogP contribution in [0.5, 0.6) is 0 Å². The third-order valence-corrected chi connectivity index (χ3v) is 6.62. The van der Waals surface area contributed by atoms with Gasteiger partial charge in [-0.3, -0.25) is 4.90 Å². The highest BCUT2D eigenvalue weighted by molar-refractivity contribution is 7.18. The summed E-state index contributed by atoms with van der Waals surface area (Å²) in [6, 6.07) is 0. The second-order valence-corrected chi connectivity index (χ2v) is 8.59. The van der Waals surface area contributed by atoms with Gasteiger partial charge in [0.2, 0.25) is 0 Å². The largest absolute Gasteiger partial charge is 0.372 e. The van der Waals surface area contributed by atoms with Gasteiger partial charge in [0.05, 0.1) is 24.6 Å². The van der Waals surface area contributed by atoms with Crippen LogP contribution in [0.2, 0.25) is 0 Å². The van der Waals surface area contributed by atoms with Crippen LogP contribution in [-0.4, -0.2) is 53.8 Å². The molecule has 0 radical (unpaired) electrons. The summed E-state index contributed by atoms with van der Waals surface area (Å²) in [7, 11) is 0. The predicted octanol–water partition coefficient (Wildman–Crippen LogP) is 3.69. The maximum atomic E-state index is 5.88. The third kappa shape index (κ3) is 3.50. The standard InChI is InChI=1S/C20H28N4OS/c1-4-11-25-16-7-10-24(12-16)19-18-14(2)15(3)26-20(18)22-17(21-19)13-23-8-5-6-9-23/h4,16H,1,5-13H2,2-3H3. The summed E-state index contributed by atoms with van der Waals surface area (Å²) in [6.45, 7) is 13.8. The van der Waals surface area contributed by atoms with Gasteiger partial charge in [-0.15, -0.1) is 17.9 Å². The Bertz CT molecular complexity index is 797. The summed E-state index contributed by atoms with van der Waals surface area (Å²) in [5.74, 6) is 2.07. The van der Waals surface area contributed by atoms with Crippen LogP contribution in [0, 0.1) is 13.8 Å². The van der Waals surface area contributed by atoms with E-state index < -0.39 is 0 Å². The first-order valence-corrected chi connectivity index (χ1v) is 10.4. The molecule has 2 aromatic rings. The zero-order chi connectivity index (χ0) is 18.1. The lowest BCUT2D eigenvalue weighted by Gasteiger charge is -2.21. The number of hydrogen-bond donors (Lipinski definition) is 0. The molecule has 0 aliphatic carbocycles. The second-order valence-electron chi connectivity index (χ2n) is 7.39. The van der Waals surface area contributed by atoms with Crippen molar-refractivity contribution in [3.8, 4) is 0 Å². The molecule has 0 amide bonds. The molecule has 2 aliphatic rings. The molecule has 2 aromatic heterocycles. The number of aryl methyl sites for hydroxylation is 2. The first-order chi connectivity index (χ1) is 12.7. The van der Waals surface area contributed by atoms with E-state index in [0.717, 1.165) is 42.5 Å². The Kier molecular flexibility index (Phi) is 5.25. The lowest BCUT2D eigenvalue weighted by molar-refractivity contribution is 0.0909.